The third-order valence-corrected chi connectivity index (χ3v) is 3.96. The van der Waals surface area contributed by atoms with E-state index in [0.717, 1.165) is 31.8 Å². The monoisotopic (exact) mass is 264 g/mol. The lowest BCUT2D eigenvalue weighted by molar-refractivity contribution is 0.299. The van der Waals surface area contributed by atoms with Crippen LogP contribution in [0.5, 0.6) is 0 Å². The van der Waals surface area contributed by atoms with E-state index in [2.05, 4.69) is 42.5 Å². The summed E-state index contributed by atoms with van der Waals surface area (Å²) in [6.07, 6.45) is 4.43. The summed E-state index contributed by atoms with van der Waals surface area (Å²) in [5.74, 6) is 3.55. The van der Waals surface area contributed by atoms with E-state index in [1.807, 2.05) is 0 Å². The zero-order valence-electron chi connectivity index (χ0n) is 12.8. The molecule has 1 aromatic rings. The molecule has 2 N–H and O–H groups in total. The molecule has 0 fully saturated rings. The van der Waals surface area contributed by atoms with Gasteiger partial charge in [-0.15, -0.1) is 10.2 Å². The molecule has 2 atom stereocenters. The quantitative estimate of drug-likeness (QED) is 0.908. The first-order valence-electron chi connectivity index (χ1n) is 7.50. The summed E-state index contributed by atoms with van der Waals surface area (Å²) >= 11 is 0. The molecule has 0 saturated carbocycles. The van der Waals surface area contributed by atoms with Gasteiger partial charge in [0.05, 0.1) is 0 Å². The summed E-state index contributed by atoms with van der Waals surface area (Å²) in [4.78, 5) is 0. The van der Waals surface area contributed by atoms with Gasteiger partial charge in [0.25, 0.3) is 0 Å². The van der Waals surface area contributed by atoms with Gasteiger partial charge in [-0.3, -0.25) is 0 Å². The van der Waals surface area contributed by atoms with Crippen molar-refractivity contribution in [1.82, 2.24) is 14.8 Å². The second kappa shape index (κ2) is 5.61. The lowest BCUT2D eigenvalue weighted by Gasteiger charge is -2.25. The first-order chi connectivity index (χ1) is 8.89. The average Bonchev–Trinajstić information content (AvgIpc) is 2.69. The number of fused-ring (bicyclic) bond motifs is 1. The SMILES string of the molecule is CC(Cc1nnc2n1CCC(CN)C2)CC(C)(C)C. The summed E-state index contributed by atoms with van der Waals surface area (Å²) in [5, 5.41) is 8.77. The molecule has 0 spiro atoms. The van der Waals surface area contributed by atoms with Crippen LogP contribution in [0.1, 0.15) is 52.2 Å². The molecule has 108 valence electrons. The van der Waals surface area contributed by atoms with E-state index < -0.39 is 0 Å². The van der Waals surface area contributed by atoms with Crippen molar-refractivity contribution in [1.29, 1.82) is 0 Å². The molecule has 0 saturated heterocycles. The number of aromatic nitrogens is 3. The van der Waals surface area contributed by atoms with Gasteiger partial charge in [-0.05, 0) is 36.6 Å². The van der Waals surface area contributed by atoms with E-state index in [1.54, 1.807) is 0 Å². The van der Waals surface area contributed by atoms with Crippen molar-refractivity contribution in [2.24, 2.45) is 23.0 Å². The molecule has 1 aliphatic rings. The first kappa shape index (κ1) is 14.5. The predicted molar refractivity (Wildman–Crippen MR) is 77.8 cm³/mol. The number of rotatable bonds is 4. The van der Waals surface area contributed by atoms with Crippen LogP contribution < -0.4 is 5.73 Å². The van der Waals surface area contributed by atoms with Crippen molar-refractivity contribution < 1.29 is 0 Å². The predicted octanol–water partition coefficient (Wildman–Crippen LogP) is 2.41. The summed E-state index contributed by atoms with van der Waals surface area (Å²) in [6.45, 7) is 11.0. The summed E-state index contributed by atoms with van der Waals surface area (Å²) < 4.78 is 2.32. The fourth-order valence-electron chi connectivity index (χ4n) is 3.23. The number of hydrogen-bond donors (Lipinski definition) is 1. The van der Waals surface area contributed by atoms with Gasteiger partial charge in [0.2, 0.25) is 0 Å². The minimum Gasteiger partial charge on any atom is -0.330 e. The second-order valence-electron chi connectivity index (χ2n) is 7.35. The van der Waals surface area contributed by atoms with E-state index in [9.17, 15) is 0 Å². The van der Waals surface area contributed by atoms with Crippen LogP contribution in [0.3, 0.4) is 0 Å². The van der Waals surface area contributed by atoms with Crippen LogP contribution in [0, 0.1) is 17.3 Å². The average molecular weight is 264 g/mol. The van der Waals surface area contributed by atoms with Crippen molar-refractivity contribution in [3.05, 3.63) is 11.6 Å². The van der Waals surface area contributed by atoms with Crippen LogP contribution in [0.4, 0.5) is 0 Å². The Morgan fingerprint density at radius 2 is 2.11 bits per heavy atom. The number of nitrogens with zero attached hydrogens (tertiary/aromatic N) is 3. The van der Waals surface area contributed by atoms with E-state index in [1.165, 1.54) is 18.7 Å². The highest BCUT2D eigenvalue weighted by Gasteiger charge is 2.23. The molecule has 0 radical (unpaired) electrons. The fourth-order valence-corrected chi connectivity index (χ4v) is 3.23. The van der Waals surface area contributed by atoms with Gasteiger partial charge in [0, 0.05) is 19.4 Å². The summed E-state index contributed by atoms with van der Waals surface area (Å²) in [5.41, 5.74) is 6.14. The van der Waals surface area contributed by atoms with Crippen molar-refractivity contribution in [2.45, 2.75) is 59.9 Å². The molecule has 0 amide bonds. The third-order valence-electron chi connectivity index (χ3n) is 3.96. The van der Waals surface area contributed by atoms with E-state index in [4.69, 9.17) is 5.73 Å². The molecule has 2 heterocycles. The minimum absolute atomic E-state index is 0.384. The zero-order chi connectivity index (χ0) is 14.0. The lowest BCUT2D eigenvalue weighted by atomic mass is 9.84. The number of nitrogens with two attached hydrogens (primary N) is 1. The maximum Gasteiger partial charge on any atom is 0.133 e. The van der Waals surface area contributed by atoms with Crippen LogP contribution >= 0.6 is 0 Å². The second-order valence-corrected chi connectivity index (χ2v) is 7.35. The highest BCUT2D eigenvalue weighted by molar-refractivity contribution is 5.01. The van der Waals surface area contributed by atoms with Crippen LogP contribution in [-0.4, -0.2) is 21.3 Å². The number of hydrogen-bond acceptors (Lipinski definition) is 3. The molecule has 19 heavy (non-hydrogen) atoms. The Morgan fingerprint density at radius 3 is 2.74 bits per heavy atom. The largest absolute Gasteiger partial charge is 0.330 e. The normalized spacial score (nSPS) is 21.2. The first-order valence-corrected chi connectivity index (χ1v) is 7.50. The topological polar surface area (TPSA) is 56.7 Å². The molecular weight excluding hydrogens is 236 g/mol. The zero-order valence-corrected chi connectivity index (χ0v) is 12.8. The standard InChI is InChI=1S/C15H28N4/c1-11(9-15(2,3)4)7-13-17-18-14-8-12(10-16)5-6-19(13)14/h11-12H,5-10,16H2,1-4H3. The van der Waals surface area contributed by atoms with Gasteiger partial charge < -0.3 is 10.3 Å². The highest BCUT2D eigenvalue weighted by atomic mass is 15.3. The van der Waals surface area contributed by atoms with Crippen LogP contribution in [-0.2, 0) is 19.4 Å². The smallest absolute Gasteiger partial charge is 0.133 e. The van der Waals surface area contributed by atoms with Gasteiger partial charge in [-0.1, -0.05) is 27.7 Å². The van der Waals surface area contributed by atoms with Crippen molar-refractivity contribution >= 4 is 0 Å². The van der Waals surface area contributed by atoms with Crippen LogP contribution in [0.2, 0.25) is 0 Å². The molecule has 2 unspecified atom stereocenters. The van der Waals surface area contributed by atoms with Crippen LogP contribution in [0.15, 0.2) is 0 Å². The Labute approximate surface area is 116 Å². The van der Waals surface area contributed by atoms with Gasteiger partial charge in [-0.2, -0.15) is 0 Å². The molecular formula is C15H28N4. The molecule has 2 rings (SSSR count). The summed E-state index contributed by atoms with van der Waals surface area (Å²) in [6, 6.07) is 0. The van der Waals surface area contributed by atoms with E-state index in [-0.39, 0.29) is 0 Å². The molecule has 0 aromatic carbocycles. The van der Waals surface area contributed by atoms with Crippen molar-refractivity contribution in [3.8, 4) is 0 Å². The van der Waals surface area contributed by atoms with Gasteiger partial charge in [0.1, 0.15) is 11.6 Å². The molecule has 0 bridgehead atoms. The summed E-state index contributed by atoms with van der Waals surface area (Å²) in [7, 11) is 0. The Balaban J connectivity index is 2.01. The van der Waals surface area contributed by atoms with Crippen molar-refractivity contribution in [2.75, 3.05) is 6.54 Å². The molecule has 1 aliphatic heterocycles. The lowest BCUT2D eigenvalue weighted by Crippen LogP contribution is -2.26. The third kappa shape index (κ3) is 3.78. The Bertz CT molecular complexity index is 416. The van der Waals surface area contributed by atoms with Crippen molar-refractivity contribution in [3.63, 3.8) is 0 Å². The van der Waals surface area contributed by atoms with Crippen LogP contribution in [0.25, 0.3) is 0 Å². The maximum absolute atomic E-state index is 5.76. The van der Waals surface area contributed by atoms with E-state index >= 15 is 0 Å². The highest BCUT2D eigenvalue weighted by Crippen LogP contribution is 2.27. The molecule has 4 nitrogen and oxygen atoms in total. The Kier molecular flexibility index (Phi) is 4.29. The van der Waals surface area contributed by atoms with Gasteiger partial charge in [0.15, 0.2) is 0 Å². The maximum atomic E-state index is 5.76. The minimum atomic E-state index is 0.384. The van der Waals surface area contributed by atoms with Gasteiger partial charge in [-0.25, -0.2) is 0 Å². The van der Waals surface area contributed by atoms with Gasteiger partial charge >= 0.3 is 0 Å². The molecule has 0 aliphatic carbocycles. The Hall–Kier alpha value is -0.900. The van der Waals surface area contributed by atoms with E-state index in [0.29, 0.717) is 17.3 Å². The molecule has 1 aromatic heterocycles. The molecule has 4 heteroatoms. The Morgan fingerprint density at radius 1 is 1.37 bits per heavy atom. The fraction of sp³-hybridized carbons (Fsp3) is 0.867.